The van der Waals surface area contributed by atoms with Crippen LogP contribution in [-0.2, 0) is 14.8 Å². The van der Waals surface area contributed by atoms with Gasteiger partial charge in [0.25, 0.3) is 5.91 Å². The van der Waals surface area contributed by atoms with Crippen molar-refractivity contribution in [3.8, 4) is 5.75 Å². The summed E-state index contributed by atoms with van der Waals surface area (Å²) in [6, 6.07) is 5.26. The Labute approximate surface area is 131 Å². The van der Waals surface area contributed by atoms with Crippen LogP contribution in [0.3, 0.4) is 0 Å². The number of rotatable bonds is 2. The average Bonchev–Trinajstić information content (AvgIpc) is 2.34. The van der Waals surface area contributed by atoms with Gasteiger partial charge in [-0.3, -0.25) is 9.10 Å². The topological polar surface area (TPSA) is 75.7 Å². The molecule has 0 saturated heterocycles. The third-order valence-corrected chi connectivity index (χ3v) is 4.32. The molecule has 122 valence electrons. The molecule has 1 unspecified atom stereocenters. The molecule has 2 rings (SSSR count). The average molecular weight is 326 g/mol. The molecule has 0 saturated carbocycles. The summed E-state index contributed by atoms with van der Waals surface area (Å²) in [7, 11) is -3.49. The van der Waals surface area contributed by atoms with Gasteiger partial charge in [0.1, 0.15) is 5.75 Å². The second kappa shape index (κ2) is 5.46. The molecule has 0 fully saturated rings. The van der Waals surface area contributed by atoms with Crippen LogP contribution in [0.25, 0.3) is 0 Å². The predicted octanol–water partition coefficient (Wildman–Crippen LogP) is 1.44. The fraction of sp³-hybridized carbons (Fsp3) is 0.533. The second-order valence-electron chi connectivity index (χ2n) is 6.61. The molecule has 7 heteroatoms. The number of aryl methyl sites for hydroxylation is 1. The number of hydrogen-bond acceptors (Lipinski definition) is 4. The van der Waals surface area contributed by atoms with Crippen molar-refractivity contribution in [3.63, 3.8) is 0 Å². The van der Waals surface area contributed by atoms with Crippen LogP contribution in [0.4, 0.5) is 5.69 Å². The number of fused-ring (bicyclic) bond motifs is 1. The van der Waals surface area contributed by atoms with Crippen LogP contribution in [0.15, 0.2) is 18.2 Å². The number of hydrogen-bond donors (Lipinski definition) is 1. The fourth-order valence-corrected chi connectivity index (χ4v) is 3.17. The van der Waals surface area contributed by atoms with Gasteiger partial charge in [0.05, 0.1) is 18.5 Å². The van der Waals surface area contributed by atoms with E-state index in [2.05, 4.69) is 5.32 Å². The molecule has 1 aliphatic rings. The summed E-state index contributed by atoms with van der Waals surface area (Å²) in [6.45, 7) is 7.43. The lowest BCUT2D eigenvalue weighted by molar-refractivity contribution is -0.129. The van der Waals surface area contributed by atoms with E-state index in [9.17, 15) is 13.2 Å². The first-order chi connectivity index (χ1) is 9.97. The molecular formula is C15H22N2O4S. The summed E-state index contributed by atoms with van der Waals surface area (Å²) in [4.78, 5) is 12.3. The molecule has 0 aliphatic carbocycles. The van der Waals surface area contributed by atoms with E-state index < -0.39 is 21.7 Å². The number of sulfonamides is 1. The quantitative estimate of drug-likeness (QED) is 0.892. The number of amides is 1. The molecule has 1 amide bonds. The van der Waals surface area contributed by atoms with Crippen molar-refractivity contribution in [2.24, 2.45) is 0 Å². The van der Waals surface area contributed by atoms with Gasteiger partial charge in [-0.2, -0.15) is 0 Å². The molecule has 1 atom stereocenters. The molecule has 1 heterocycles. The second-order valence-corrected chi connectivity index (χ2v) is 8.52. The fourth-order valence-electron chi connectivity index (χ4n) is 2.26. The molecule has 1 aromatic carbocycles. The van der Waals surface area contributed by atoms with E-state index in [0.717, 1.165) is 11.8 Å². The van der Waals surface area contributed by atoms with Crippen LogP contribution in [0.5, 0.6) is 5.75 Å². The van der Waals surface area contributed by atoms with Crippen molar-refractivity contribution in [1.29, 1.82) is 0 Å². The van der Waals surface area contributed by atoms with E-state index in [1.54, 1.807) is 12.1 Å². The molecule has 0 bridgehead atoms. The van der Waals surface area contributed by atoms with E-state index in [0.29, 0.717) is 11.4 Å². The summed E-state index contributed by atoms with van der Waals surface area (Å²) in [6.07, 6.45) is 0.257. The maximum atomic E-state index is 12.3. The molecule has 6 nitrogen and oxygen atoms in total. The van der Waals surface area contributed by atoms with Crippen LogP contribution < -0.4 is 14.4 Å². The van der Waals surface area contributed by atoms with Crippen LogP contribution in [0, 0.1) is 6.92 Å². The van der Waals surface area contributed by atoms with Gasteiger partial charge < -0.3 is 10.1 Å². The van der Waals surface area contributed by atoms with Gasteiger partial charge in [-0.15, -0.1) is 0 Å². The Morgan fingerprint density at radius 1 is 1.36 bits per heavy atom. The number of anilines is 1. The molecule has 1 aliphatic heterocycles. The summed E-state index contributed by atoms with van der Waals surface area (Å²) in [5, 5.41) is 2.82. The zero-order valence-corrected chi connectivity index (χ0v) is 14.3. The highest BCUT2D eigenvalue weighted by molar-refractivity contribution is 7.92. The summed E-state index contributed by atoms with van der Waals surface area (Å²) in [5.41, 5.74) is 0.986. The van der Waals surface area contributed by atoms with E-state index in [1.807, 2.05) is 33.8 Å². The Morgan fingerprint density at radius 2 is 2.00 bits per heavy atom. The first-order valence-electron chi connectivity index (χ1n) is 7.04. The van der Waals surface area contributed by atoms with E-state index >= 15 is 0 Å². The first kappa shape index (κ1) is 16.6. The number of ether oxygens (including phenoxy) is 1. The van der Waals surface area contributed by atoms with E-state index in [-0.39, 0.29) is 12.5 Å². The first-order valence-corrected chi connectivity index (χ1v) is 8.89. The van der Waals surface area contributed by atoms with Crippen LogP contribution in [-0.4, -0.2) is 38.8 Å². The van der Waals surface area contributed by atoms with Gasteiger partial charge in [-0.25, -0.2) is 8.42 Å². The molecular weight excluding hydrogens is 304 g/mol. The lowest BCUT2D eigenvalue weighted by atomic mass is 10.1. The Hall–Kier alpha value is -1.76. The van der Waals surface area contributed by atoms with Gasteiger partial charge in [-0.1, -0.05) is 6.07 Å². The Kier molecular flexibility index (Phi) is 4.12. The SMILES string of the molecule is Cc1ccc2c(c1)N(S(C)(=O)=O)CC(C(=O)NC(C)(C)C)O2. The molecule has 0 radical (unpaired) electrons. The standard InChI is InChI=1S/C15H22N2O4S/c1-10-6-7-12-11(8-10)17(22(5,19)20)9-13(21-12)14(18)16-15(2,3)4/h6-8,13H,9H2,1-5H3,(H,16,18). The minimum atomic E-state index is -3.49. The molecule has 1 N–H and O–H groups in total. The highest BCUT2D eigenvalue weighted by Gasteiger charge is 2.36. The van der Waals surface area contributed by atoms with E-state index in [4.69, 9.17) is 4.74 Å². The summed E-state index contributed by atoms with van der Waals surface area (Å²) < 4.78 is 31.0. The lowest BCUT2D eigenvalue weighted by Crippen LogP contribution is -2.54. The summed E-state index contributed by atoms with van der Waals surface area (Å²) in [5.74, 6) is 0.0729. The minimum Gasteiger partial charge on any atom is -0.476 e. The Balaban J connectivity index is 2.37. The number of carbonyl (C=O) groups is 1. The number of benzene rings is 1. The van der Waals surface area contributed by atoms with Gasteiger partial charge in [0, 0.05) is 5.54 Å². The van der Waals surface area contributed by atoms with Gasteiger partial charge in [0.15, 0.2) is 6.10 Å². The van der Waals surface area contributed by atoms with Crippen molar-refractivity contribution in [2.75, 3.05) is 17.1 Å². The Bertz CT molecular complexity index is 692. The predicted molar refractivity (Wildman–Crippen MR) is 85.7 cm³/mol. The lowest BCUT2D eigenvalue weighted by Gasteiger charge is -2.35. The molecule has 22 heavy (non-hydrogen) atoms. The highest BCUT2D eigenvalue weighted by atomic mass is 32.2. The Morgan fingerprint density at radius 3 is 2.55 bits per heavy atom. The maximum Gasteiger partial charge on any atom is 0.263 e. The largest absolute Gasteiger partial charge is 0.476 e. The van der Waals surface area contributed by atoms with E-state index in [1.165, 1.54) is 4.31 Å². The maximum absolute atomic E-state index is 12.3. The van der Waals surface area contributed by atoms with Gasteiger partial charge >= 0.3 is 0 Å². The number of nitrogens with one attached hydrogen (secondary N) is 1. The van der Waals surface area contributed by atoms with Crippen molar-refractivity contribution < 1.29 is 17.9 Å². The van der Waals surface area contributed by atoms with Crippen molar-refractivity contribution in [1.82, 2.24) is 5.32 Å². The zero-order chi connectivity index (χ0) is 16.7. The minimum absolute atomic E-state index is 0.0306. The third kappa shape index (κ3) is 3.71. The van der Waals surface area contributed by atoms with Crippen molar-refractivity contribution >= 4 is 21.6 Å². The monoisotopic (exact) mass is 326 g/mol. The van der Waals surface area contributed by atoms with Gasteiger partial charge in [-0.05, 0) is 45.4 Å². The smallest absolute Gasteiger partial charge is 0.263 e. The van der Waals surface area contributed by atoms with Crippen LogP contribution in [0.2, 0.25) is 0 Å². The van der Waals surface area contributed by atoms with Crippen LogP contribution >= 0.6 is 0 Å². The molecule has 0 spiro atoms. The number of nitrogens with zero attached hydrogens (tertiary/aromatic N) is 1. The third-order valence-electron chi connectivity index (χ3n) is 3.17. The normalized spacial score (nSPS) is 18.4. The zero-order valence-electron chi connectivity index (χ0n) is 13.5. The van der Waals surface area contributed by atoms with Crippen molar-refractivity contribution in [2.45, 2.75) is 39.3 Å². The van der Waals surface area contributed by atoms with Crippen molar-refractivity contribution in [3.05, 3.63) is 23.8 Å². The molecule has 0 aromatic heterocycles. The number of carbonyl (C=O) groups excluding carboxylic acids is 1. The molecule has 1 aromatic rings. The van der Waals surface area contributed by atoms with Gasteiger partial charge in [0.2, 0.25) is 10.0 Å². The highest BCUT2D eigenvalue weighted by Crippen LogP contribution is 2.35. The summed E-state index contributed by atoms with van der Waals surface area (Å²) >= 11 is 0. The van der Waals surface area contributed by atoms with Crippen LogP contribution in [0.1, 0.15) is 26.3 Å².